The number of anilines is 1. The first-order chi connectivity index (χ1) is 13.6. The highest BCUT2D eigenvalue weighted by molar-refractivity contribution is 6.02. The molecule has 1 saturated carbocycles. The van der Waals surface area contributed by atoms with E-state index in [1.54, 1.807) is 13.2 Å². The molecule has 0 spiro atoms. The van der Waals surface area contributed by atoms with Gasteiger partial charge in [0.25, 0.3) is 5.91 Å². The van der Waals surface area contributed by atoms with Crippen molar-refractivity contribution in [3.05, 3.63) is 47.8 Å². The molecule has 0 bridgehead atoms. The van der Waals surface area contributed by atoms with E-state index >= 15 is 0 Å². The number of rotatable bonds is 5. The summed E-state index contributed by atoms with van der Waals surface area (Å²) in [5.41, 5.74) is 1.65. The van der Waals surface area contributed by atoms with E-state index in [4.69, 9.17) is 4.74 Å². The number of hydrogen-bond donors (Lipinski definition) is 1. The second-order valence-corrected chi connectivity index (χ2v) is 7.71. The van der Waals surface area contributed by atoms with Crippen LogP contribution in [0, 0.1) is 5.41 Å². The van der Waals surface area contributed by atoms with Crippen LogP contribution in [0.15, 0.2) is 36.4 Å². The fourth-order valence-electron chi connectivity index (χ4n) is 4.10. The van der Waals surface area contributed by atoms with Crippen molar-refractivity contribution in [2.75, 3.05) is 25.6 Å². The second kappa shape index (κ2) is 7.75. The Kier molecular flexibility index (Phi) is 5.17. The molecule has 0 saturated heterocycles. The molecule has 28 heavy (non-hydrogen) atoms. The largest absolute Gasteiger partial charge is 0.384 e. The van der Waals surface area contributed by atoms with Gasteiger partial charge in [-0.2, -0.15) is 5.10 Å². The molecule has 7 nitrogen and oxygen atoms in total. The minimum Gasteiger partial charge on any atom is -0.384 e. The average molecular weight is 382 g/mol. The Balaban J connectivity index is 1.49. The molecule has 1 fully saturated rings. The number of amides is 2. The first-order valence-electron chi connectivity index (χ1n) is 9.83. The van der Waals surface area contributed by atoms with Crippen LogP contribution in [0.25, 0.3) is 0 Å². The molecule has 0 unspecified atom stereocenters. The molecule has 0 radical (unpaired) electrons. The second-order valence-electron chi connectivity index (χ2n) is 7.71. The third kappa shape index (κ3) is 3.54. The Morgan fingerprint density at radius 3 is 2.64 bits per heavy atom. The van der Waals surface area contributed by atoms with E-state index in [0.29, 0.717) is 31.9 Å². The number of hydrogen-bond acceptors (Lipinski definition) is 4. The van der Waals surface area contributed by atoms with Gasteiger partial charge in [0.15, 0.2) is 5.69 Å². The van der Waals surface area contributed by atoms with Crippen molar-refractivity contribution in [1.82, 2.24) is 14.7 Å². The van der Waals surface area contributed by atoms with E-state index < -0.39 is 0 Å². The lowest BCUT2D eigenvalue weighted by Gasteiger charge is -2.42. The van der Waals surface area contributed by atoms with Crippen molar-refractivity contribution in [2.45, 2.75) is 38.8 Å². The number of aromatic nitrogens is 2. The summed E-state index contributed by atoms with van der Waals surface area (Å²) in [6, 6.07) is 11.1. The summed E-state index contributed by atoms with van der Waals surface area (Å²) in [4.78, 5) is 27.6. The number of carbonyl (C=O) groups excluding carboxylic acids is 2. The molecule has 2 amide bonds. The molecular formula is C21H26N4O3. The zero-order valence-corrected chi connectivity index (χ0v) is 16.2. The molecule has 7 heteroatoms. The number of ether oxygens (including phenoxy) is 1. The molecule has 1 N–H and O–H groups in total. The van der Waals surface area contributed by atoms with Crippen molar-refractivity contribution < 1.29 is 14.3 Å². The number of para-hydroxylation sites is 1. The van der Waals surface area contributed by atoms with Crippen molar-refractivity contribution in [3.8, 4) is 0 Å². The minimum atomic E-state index is -0.364. The summed E-state index contributed by atoms with van der Waals surface area (Å²) in [5, 5.41) is 7.34. The van der Waals surface area contributed by atoms with Gasteiger partial charge in [0.2, 0.25) is 5.91 Å². The zero-order valence-electron chi connectivity index (χ0n) is 16.2. The molecule has 1 aliphatic carbocycles. The lowest BCUT2D eigenvalue weighted by atomic mass is 9.68. The molecule has 1 aromatic carbocycles. The number of methoxy groups -OCH3 is 1. The quantitative estimate of drug-likeness (QED) is 0.863. The summed E-state index contributed by atoms with van der Waals surface area (Å²) in [7, 11) is 1.66. The maximum Gasteiger partial charge on any atom is 0.276 e. The molecule has 2 aliphatic rings. The summed E-state index contributed by atoms with van der Waals surface area (Å²) in [6.45, 7) is 2.37. The number of benzene rings is 1. The fraction of sp³-hybridized carbons (Fsp3) is 0.476. The third-order valence-electron chi connectivity index (χ3n) is 5.75. The van der Waals surface area contributed by atoms with Crippen LogP contribution in [-0.2, 0) is 22.6 Å². The Morgan fingerprint density at radius 1 is 1.18 bits per heavy atom. The molecule has 0 atom stereocenters. The number of fused-ring (bicyclic) bond motifs is 1. The molecule has 1 aliphatic heterocycles. The van der Waals surface area contributed by atoms with E-state index in [1.165, 1.54) is 0 Å². The Hall–Kier alpha value is -2.67. The topological polar surface area (TPSA) is 76.5 Å². The smallest absolute Gasteiger partial charge is 0.276 e. The molecule has 1 aromatic heterocycles. The van der Waals surface area contributed by atoms with Gasteiger partial charge in [0.1, 0.15) is 0 Å². The van der Waals surface area contributed by atoms with E-state index in [-0.39, 0.29) is 17.2 Å². The van der Waals surface area contributed by atoms with Crippen molar-refractivity contribution in [1.29, 1.82) is 0 Å². The van der Waals surface area contributed by atoms with E-state index in [9.17, 15) is 9.59 Å². The van der Waals surface area contributed by atoms with Crippen molar-refractivity contribution in [2.24, 2.45) is 5.41 Å². The molecular weight excluding hydrogens is 356 g/mol. The summed E-state index contributed by atoms with van der Waals surface area (Å²) in [6.07, 6.45) is 3.67. The normalized spacial score (nSPS) is 18.0. The van der Waals surface area contributed by atoms with Gasteiger partial charge >= 0.3 is 0 Å². The van der Waals surface area contributed by atoms with Gasteiger partial charge < -0.3 is 15.0 Å². The Labute approximate surface area is 164 Å². The van der Waals surface area contributed by atoms with Gasteiger partial charge in [0.05, 0.1) is 24.3 Å². The molecule has 4 rings (SSSR count). The van der Waals surface area contributed by atoms with Gasteiger partial charge in [-0.15, -0.1) is 0 Å². The highest BCUT2D eigenvalue weighted by Gasteiger charge is 2.46. The molecule has 2 aromatic rings. The van der Waals surface area contributed by atoms with Crippen LogP contribution in [0.3, 0.4) is 0 Å². The van der Waals surface area contributed by atoms with Crippen LogP contribution in [0.1, 0.15) is 41.9 Å². The summed E-state index contributed by atoms with van der Waals surface area (Å²) >= 11 is 0. The van der Waals surface area contributed by atoms with Gasteiger partial charge in [0, 0.05) is 25.9 Å². The van der Waals surface area contributed by atoms with Gasteiger partial charge in [-0.3, -0.25) is 14.3 Å². The van der Waals surface area contributed by atoms with E-state index in [1.807, 2.05) is 39.9 Å². The minimum absolute atomic E-state index is 0.172. The number of nitrogens with zero attached hydrogens (tertiary/aromatic N) is 3. The van der Waals surface area contributed by atoms with Gasteiger partial charge in [-0.05, 0) is 37.5 Å². The average Bonchev–Trinajstić information content (AvgIpc) is 2.97. The third-order valence-corrected chi connectivity index (χ3v) is 5.75. The molecule has 148 valence electrons. The van der Waals surface area contributed by atoms with E-state index in [2.05, 4.69) is 10.4 Å². The predicted octanol–water partition coefficient (Wildman–Crippen LogP) is 2.68. The lowest BCUT2D eigenvalue weighted by molar-refractivity contribution is -0.152. The first kappa shape index (κ1) is 18.7. The number of carbonyl (C=O) groups is 2. The standard InChI is InChI=1S/C21H26N4O3/c1-28-15-21(9-5-10-21)20(27)24-11-6-12-25-17(14-24)13-18(23-25)19(26)22-16-7-3-2-4-8-16/h2-4,7-8,13H,5-6,9-12,14-15H2,1H3,(H,22,26). The maximum absolute atomic E-state index is 13.2. The highest BCUT2D eigenvalue weighted by atomic mass is 16.5. The lowest BCUT2D eigenvalue weighted by Crippen LogP contribution is -2.50. The monoisotopic (exact) mass is 382 g/mol. The maximum atomic E-state index is 13.2. The highest BCUT2D eigenvalue weighted by Crippen LogP contribution is 2.43. The van der Waals surface area contributed by atoms with Gasteiger partial charge in [-0.1, -0.05) is 24.6 Å². The SMILES string of the molecule is COCC1(C(=O)N2CCCn3nc(C(=O)Nc4ccccc4)cc3C2)CCC1. The van der Waals surface area contributed by atoms with Crippen LogP contribution in [0.5, 0.6) is 0 Å². The van der Waals surface area contributed by atoms with E-state index in [0.717, 1.165) is 37.1 Å². The predicted molar refractivity (Wildman–Crippen MR) is 105 cm³/mol. The van der Waals surface area contributed by atoms with Crippen molar-refractivity contribution >= 4 is 17.5 Å². The van der Waals surface area contributed by atoms with Crippen LogP contribution in [0.4, 0.5) is 5.69 Å². The van der Waals surface area contributed by atoms with Crippen molar-refractivity contribution in [3.63, 3.8) is 0 Å². The van der Waals surface area contributed by atoms with Crippen LogP contribution < -0.4 is 5.32 Å². The first-order valence-corrected chi connectivity index (χ1v) is 9.83. The number of aryl methyl sites for hydroxylation is 1. The molecule has 2 heterocycles. The Morgan fingerprint density at radius 2 is 1.96 bits per heavy atom. The van der Waals surface area contributed by atoms with Crippen LogP contribution >= 0.6 is 0 Å². The zero-order chi connectivity index (χ0) is 19.6. The van der Waals surface area contributed by atoms with Crippen LogP contribution in [0.2, 0.25) is 0 Å². The summed E-state index contributed by atoms with van der Waals surface area (Å²) in [5.74, 6) is -0.0648. The number of nitrogens with one attached hydrogen (secondary N) is 1. The Bertz CT molecular complexity index is 858. The summed E-state index contributed by atoms with van der Waals surface area (Å²) < 4.78 is 7.19. The fourth-order valence-corrected chi connectivity index (χ4v) is 4.10. The van der Waals surface area contributed by atoms with Gasteiger partial charge in [-0.25, -0.2) is 0 Å². The van der Waals surface area contributed by atoms with Crippen LogP contribution in [-0.4, -0.2) is 46.8 Å².